The monoisotopic (exact) mass is 232 g/mol. The molecule has 1 unspecified atom stereocenters. The Bertz CT molecular complexity index is 536. The maximum absolute atomic E-state index is 11.6. The summed E-state index contributed by atoms with van der Waals surface area (Å²) in [4.78, 5) is 11.6. The van der Waals surface area contributed by atoms with Gasteiger partial charge < -0.3 is 9.15 Å². The van der Waals surface area contributed by atoms with Gasteiger partial charge in [0.1, 0.15) is 17.3 Å². The van der Waals surface area contributed by atoms with Crippen molar-refractivity contribution in [1.29, 1.82) is 0 Å². The van der Waals surface area contributed by atoms with Crippen LogP contribution in [0.25, 0.3) is 11.2 Å². The normalized spacial score (nSPS) is 13.2. The molecule has 2 aromatic heterocycles. The van der Waals surface area contributed by atoms with Gasteiger partial charge >= 0.3 is 5.97 Å². The van der Waals surface area contributed by atoms with E-state index in [0.29, 0.717) is 5.57 Å². The zero-order valence-corrected chi connectivity index (χ0v) is 10.3. The molecule has 0 aliphatic carbocycles. The van der Waals surface area contributed by atoms with Crippen LogP contribution in [0.3, 0.4) is 0 Å². The second kappa shape index (κ2) is 4.24. The number of rotatable bonds is 4. The number of furan rings is 2. The minimum absolute atomic E-state index is 0.189. The van der Waals surface area contributed by atoms with Gasteiger partial charge in [-0.1, -0.05) is 20.4 Å². The van der Waals surface area contributed by atoms with Crippen LogP contribution in [0.4, 0.5) is 0 Å². The van der Waals surface area contributed by atoms with Crippen molar-refractivity contribution in [3.8, 4) is 0 Å². The highest BCUT2D eigenvalue weighted by atomic mass is 16.5. The molecule has 3 nitrogen and oxygen atoms in total. The highest BCUT2D eigenvalue weighted by Gasteiger charge is 2.25. The fourth-order valence-electron chi connectivity index (χ4n) is 1.81. The Morgan fingerprint density at radius 2 is 2.12 bits per heavy atom. The Kier molecular flexibility index (Phi) is 2.92. The summed E-state index contributed by atoms with van der Waals surface area (Å²) in [5.74, 6) is -0.170. The third kappa shape index (κ3) is 2.18. The van der Waals surface area contributed by atoms with Crippen LogP contribution in [0.2, 0.25) is 0 Å². The Morgan fingerprint density at radius 3 is 2.53 bits per heavy atom. The Morgan fingerprint density at radius 1 is 1.41 bits per heavy atom. The van der Waals surface area contributed by atoms with Crippen LogP contribution in [-0.2, 0) is 9.53 Å². The zero-order chi connectivity index (χ0) is 12.6. The number of hydrogen-bond donors (Lipinski definition) is 0. The van der Waals surface area contributed by atoms with Crippen LogP contribution in [-0.4, -0.2) is 5.97 Å². The quantitative estimate of drug-likeness (QED) is 0.596. The van der Waals surface area contributed by atoms with E-state index < -0.39 is 0 Å². The molecule has 0 amide bonds. The zero-order valence-electron chi connectivity index (χ0n) is 10.3. The minimum Gasteiger partial charge on any atom is -0.457 e. The van der Waals surface area contributed by atoms with Crippen molar-refractivity contribution < 1.29 is 13.9 Å². The first-order chi connectivity index (χ1) is 7.99. The molecule has 0 N–H and O–H groups in total. The Labute approximate surface area is 100 Å². The molecule has 3 heteroatoms. The van der Waals surface area contributed by atoms with Crippen molar-refractivity contribution in [2.75, 3.05) is 0 Å². The largest absolute Gasteiger partial charge is 0.457 e. The minimum atomic E-state index is -0.359. The van der Waals surface area contributed by atoms with Gasteiger partial charge in [-0.3, -0.25) is 0 Å². The predicted octanol–water partition coefficient (Wildman–Crippen LogP) is 3.69. The lowest BCUT2D eigenvalue weighted by molar-refractivity contribution is -0.146. The topological polar surface area (TPSA) is 39.4 Å². The number of hydrogen-bond acceptors (Lipinski definition) is 3. The summed E-state index contributed by atoms with van der Waals surface area (Å²) in [5, 5.41) is 0. The van der Waals surface area contributed by atoms with Crippen LogP contribution < -0.4 is 0 Å². The molecule has 2 aromatic rings. The lowest BCUT2D eigenvalue weighted by atomic mass is 9.99. The molecule has 0 aliphatic rings. The van der Waals surface area contributed by atoms with Crippen LogP contribution >= 0.6 is 0 Å². The van der Waals surface area contributed by atoms with E-state index in [9.17, 15) is 4.79 Å². The highest BCUT2D eigenvalue weighted by molar-refractivity contribution is 5.87. The number of fused-ring (bicyclic) bond motifs is 2. The second-order valence-electron chi connectivity index (χ2n) is 4.65. The lowest BCUT2D eigenvalue weighted by Crippen LogP contribution is -2.16. The van der Waals surface area contributed by atoms with Crippen molar-refractivity contribution >= 4 is 17.1 Å². The number of carbonyl (C=O) groups excluding carboxylic acids is 1. The van der Waals surface area contributed by atoms with Gasteiger partial charge in [0.2, 0.25) is 0 Å². The van der Waals surface area contributed by atoms with Gasteiger partial charge in [0.15, 0.2) is 0 Å². The summed E-state index contributed by atoms with van der Waals surface area (Å²) in [6.45, 7) is 9.26. The van der Waals surface area contributed by atoms with Crippen LogP contribution in [0.1, 0.15) is 32.4 Å². The van der Waals surface area contributed by atoms with Gasteiger partial charge in [-0.05, 0) is 31.0 Å². The number of carbonyl (C=O) groups is 1. The third-order valence-corrected chi connectivity index (χ3v) is 2.70. The van der Waals surface area contributed by atoms with E-state index in [1.807, 2.05) is 32.0 Å². The fraction of sp³-hybridized carbons (Fsp3) is 0.357. The number of esters is 1. The number of ether oxygens (including phenoxy) is 1. The van der Waals surface area contributed by atoms with Gasteiger partial charge in [-0.2, -0.15) is 0 Å². The van der Waals surface area contributed by atoms with E-state index in [1.165, 1.54) is 0 Å². The Hall–Kier alpha value is -1.77. The van der Waals surface area contributed by atoms with Gasteiger partial charge in [0.05, 0.1) is 0 Å². The molecule has 0 aromatic carbocycles. The van der Waals surface area contributed by atoms with E-state index >= 15 is 0 Å². The summed E-state index contributed by atoms with van der Waals surface area (Å²) in [6.07, 6.45) is -0.281. The summed E-state index contributed by atoms with van der Waals surface area (Å²) >= 11 is 0. The summed E-state index contributed by atoms with van der Waals surface area (Å²) in [5.41, 5.74) is 2.95. The first kappa shape index (κ1) is 11.7. The van der Waals surface area contributed by atoms with Crippen molar-refractivity contribution in [3.05, 3.63) is 35.9 Å². The maximum Gasteiger partial charge on any atom is 0.333 e. The first-order valence-corrected chi connectivity index (χ1v) is 5.67. The SMILES string of the molecule is C=C(C)C(=O)OC(c1cc2ccc1o2)C(C)C. The van der Waals surface area contributed by atoms with E-state index in [2.05, 4.69) is 6.58 Å². The smallest absolute Gasteiger partial charge is 0.333 e. The molecule has 1 atom stereocenters. The summed E-state index contributed by atoms with van der Waals surface area (Å²) < 4.78 is 10.9. The van der Waals surface area contributed by atoms with Crippen LogP contribution in [0, 0.1) is 5.92 Å². The van der Waals surface area contributed by atoms with Crippen molar-refractivity contribution in [3.63, 3.8) is 0 Å². The molecule has 90 valence electrons. The average molecular weight is 232 g/mol. The van der Waals surface area contributed by atoms with E-state index in [0.717, 1.165) is 16.7 Å². The first-order valence-electron chi connectivity index (χ1n) is 5.67. The molecule has 0 radical (unpaired) electrons. The van der Waals surface area contributed by atoms with Gasteiger partial charge in [0.25, 0.3) is 0 Å². The van der Waals surface area contributed by atoms with Crippen molar-refractivity contribution in [2.24, 2.45) is 5.92 Å². The second-order valence-corrected chi connectivity index (χ2v) is 4.65. The standard InChI is InChI=1S/C14H16O3/c1-8(2)13(17-14(15)9(3)4)11-7-10-5-6-12(11)16-10/h5-8,13H,3H2,1-2,4H3. The molecule has 0 saturated carbocycles. The highest BCUT2D eigenvalue weighted by Crippen LogP contribution is 2.34. The van der Waals surface area contributed by atoms with Gasteiger partial charge in [-0.25, -0.2) is 4.79 Å². The predicted molar refractivity (Wildman–Crippen MR) is 65.9 cm³/mol. The third-order valence-electron chi connectivity index (χ3n) is 2.70. The molecule has 0 spiro atoms. The fourth-order valence-corrected chi connectivity index (χ4v) is 1.81. The molecule has 2 rings (SSSR count). The molecule has 0 aliphatic heterocycles. The number of benzene rings is 1. The average Bonchev–Trinajstić information content (AvgIpc) is 2.86. The molecule has 0 fully saturated rings. The Balaban J connectivity index is 2.26. The van der Waals surface area contributed by atoms with Crippen LogP contribution in [0.15, 0.2) is 34.8 Å². The summed E-state index contributed by atoms with van der Waals surface area (Å²) in [6, 6.07) is 5.72. The van der Waals surface area contributed by atoms with E-state index in [4.69, 9.17) is 9.15 Å². The summed E-state index contributed by atoms with van der Waals surface area (Å²) in [7, 11) is 0. The van der Waals surface area contributed by atoms with Crippen LogP contribution in [0.5, 0.6) is 0 Å². The van der Waals surface area contributed by atoms with E-state index in [1.54, 1.807) is 6.92 Å². The maximum atomic E-state index is 11.6. The molecule has 2 heterocycles. The molecular formula is C14H16O3. The van der Waals surface area contributed by atoms with Crippen molar-refractivity contribution in [2.45, 2.75) is 26.9 Å². The molecule has 17 heavy (non-hydrogen) atoms. The molecule has 2 bridgehead atoms. The van der Waals surface area contributed by atoms with Gasteiger partial charge in [-0.15, -0.1) is 0 Å². The van der Waals surface area contributed by atoms with E-state index in [-0.39, 0.29) is 18.0 Å². The van der Waals surface area contributed by atoms with Gasteiger partial charge in [0, 0.05) is 11.1 Å². The molecule has 0 saturated heterocycles. The lowest BCUT2D eigenvalue weighted by Gasteiger charge is -2.20. The van der Waals surface area contributed by atoms with Crippen molar-refractivity contribution in [1.82, 2.24) is 0 Å². The molecular weight excluding hydrogens is 216 g/mol.